The second-order valence-electron chi connectivity index (χ2n) is 3.23. The molecule has 0 spiro atoms. The molecule has 1 aromatic carbocycles. The fraction of sp³-hybridized carbons (Fsp3) is 0.250. The van der Waals surface area contributed by atoms with Crippen molar-refractivity contribution >= 4 is 5.97 Å². The predicted molar refractivity (Wildman–Crippen MR) is 57.6 cm³/mol. The molecule has 1 N–H and O–H groups in total. The van der Waals surface area contributed by atoms with E-state index in [1.165, 1.54) is 24.3 Å². The van der Waals surface area contributed by atoms with Crippen LogP contribution in [-0.2, 0) is 4.74 Å². The largest absolute Gasteiger partial charge is 0.508 e. The Morgan fingerprint density at radius 1 is 1.40 bits per heavy atom. The minimum atomic E-state index is -0.437. The third-order valence-corrected chi connectivity index (χ3v) is 1.87. The van der Waals surface area contributed by atoms with E-state index in [-0.39, 0.29) is 5.75 Å². The Kier molecular flexibility index (Phi) is 3.92. The Bertz CT molecular complexity index is 352. The van der Waals surface area contributed by atoms with E-state index in [4.69, 9.17) is 9.84 Å². The normalized spacial score (nSPS) is 9.67. The standard InChI is InChI=1S/C12H14O3/c1-3-4-9(2)15-12(14)10-5-7-11(13)8-6-10/h5-8,13H,2-4H2,1H3. The molecule has 0 saturated heterocycles. The molecule has 0 amide bonds. The molecule has 80 valence electrons. The first kappa shape index (κ1) is 11.3. The van der Waals surface area contributed by atoms with E-state index in [0.717, 1.165) is 6.42 Å². The van der Waals surface area contributed by atoms with Crippen LogP contribution < -0.4 is 0 Å². The average molecular weight is 206 g/mol. The number of hydrogen-bond donors (Lipinski definition) is 1. The van der Waals surface area contributed by atoms with Crippen molar-refractivity contribution in [3.8, 4) is 5.75 Å². The molecule has 0 atom stereocenters. The number of esters is 1. The Morgan fingerprint density at radius 3 is 2.53 bits per heavy atom. The number of phenols is 1. The van der Waals surface area contributed by atoms with Crippen LogP contribution in [-0.4, -0.2) is 11.1 Å². The number of carbonyl (C=O) groups is 1. The summed E-state index contributed by atoms with van der Waals surface area (Å²) < 4.78 is 5.00. The van der Waals surface area contributed by atoms with Crippen LogP contribution in [0.3, 0.4) is 0 Å². The first-order chi connectivity index (χ1) is 7.13. The fourth-order valence-corrected chi connectivity index (χ4v) is 1.12. The van der Waals surface area contributed by atoms with Gasteiger partial charge in [0.2, 0.25) is 0 Å². The predicted octanol–water partition coefficient (Wildman–Crippen LogP) is 2.86. The van der Waals surface area contributed by atoms with E-state index < -0.39 is 5.97 Å². The molecule has 0 radical (unpaired) electrons. The molecule has 0 aromatic heterocycles. The van der Waals surface area contributed by atoms with Crippen molar-refractivity contribution in [3.63, 3.8) is 0 Å². The summed E-state index contributed by atoms with van der Waals surface area (Å²) in [6.45, 7) is 5.62. The summed E-state index contributed by atoms with van der Waals surface area (Å²) in [6.07, 6.45) is 1.56. The van der Waals surface area contributed by atoms with Crippen LogP contribution in [0.2, 0.25) is 0 Å². The maximum atomic E-state index is 11.5. The van der Waals surface area contributed by atoms with Crippen molar-refractivity contribution in [3.05, 3.63) is 42.2 Å². The summed E-state index contributed by atoms with van der Waals surface area (Å²) in [5.74, 6) is 0.156. The number of phenolic OH excluding ortho intramolecular Hbond substituents is 1. The van der Waals surface area contributed by atoms with Crippen LogP contribution >= 0.6 is 0 Å². The molecular weight excluding hydrogens is 192 g/mol. The second-order valence-corrected chi connectivity index (χ2v) is 3.23. The highest BCUT2D eigenvalue weighted by Crippen LogP contribution is 2.13. The highest BCUT2D eigenvalue weighted by molar-refractivity contribution is 5.90. The van der Waals surface area contributed by atoms with Gasteiger partial charge in [-0.2, -0.15) is 0 Å². The Balaban J connectivity index is 2.61. The van der Waals surface area contributed by atoms with Crippen LogP contribution in [0.15, 0.2) is 36.6 Å². The van der Waals surface area contributed by atoms with E-state index in [1.54, 1.807) is 0 Å². The van der Waals surface area contributed by atoms with Gasteiger partial charge in [-0.3, -0.25) is 0 Å². The van der Waals surface area contributed by atoms with Crippen molar-refractivity contribution in [2.75, 3.05) is 0 Å². The van der Waals surface area contributed by atoms with E-state index in [0.29, 0.717) is 17.7 Å². The van der Waals surface area contributed by atoms with Gasteiger partial charge in [0.1, 0.15) is 11.5 Å². The van der Waals surface area contributed by atoms with Crippen LogP contribution in [0, 0.1) is 0 Å². The lowest BCUT2D eigenvalue weighted by Crippen LogP contribution is -2.04. The van der Waals surface area contributed by atoms with Crippen molar-refractivity contribution in [2.45, 2.75) is 19.8 Å². The molecule has 0 saturated carbocycles. The highest BCUT2D eigenvalue weighted by atomic mass is 16.5. The molecule has 0 unspecified atom stereocenters. The number of aromatic hydroxyl groups is 1. The number of carbonyl (C=O) groups excluding carboxylic acids is 1. The van der Waals surface area contributed by atoms with E-state index >= 15 is 0 Å². The summed E-state index contributed by atoms with van der Waals surface area (Å²) in [5, 5.41) is 9.03. The molecule has 0 aliphatic rings. The molecule has 15 heavy (non-hydrogen) atoms. The van der Waals surface area contributed by atoms with Gasteiger partial charge in [0, 0.05) is 6.42 Å². The maximum absolute atomic E-state index is 11.5. The number of hydrogen-bond acceptors (Lipinski definition) is 3. The first-order valence-corrected chi connectivity index (χ1v) is 4.82. The van der Waals surface area contributed by atoms with Gasteiger partial charge in [-0.1, -0.05) is 13.5 Å². The molecule has 3 nitrogen and oxygen atoms in total. The molecular formula is C12H14O3. The van der Waals surface area contributed by atoms with Crippen molar-refractivity contribution in [2.24, 2.45) is 0 Å². The molecule has 0 heterocycles. The number of rotatable bonds is 4. The molecule has 1 aromatic rings. The molecule has 1 rings (SSSR count). The minimum absolute atomic E-state index is 0.124. The Morgan fingerprint density at radius 2 is 2.00 bits per heavy atom. The van der Waals surface area contributed by atoms with Crippen molar-refractivity contribution in [1.29, 1.82) is 0 Å². The highest BCUT2D eigenvalue weighted by Gasteiger charge is 2.08. The smallest absolute Gasteiger partial charge is 0.343 e. The van der Waals surface area contributed by atoms with E-state index in [9.17, 15) is 4.79 Å². The Hall–Kier alpha value is -1.77. The van der Waals surface area contributed by atoms with Gasteiger partial charge >= 0.3 is 5.97 Å². The zero-order chi connectivity index (χ0) is 11.3. The summed E-state index contributed by atoms with van der Waals surface area (Å²) in [7, 11) is 0. The quantitative estimate of drug-likeness (QED) is 0.608. The Labute approximate surface area is 89.0 Å². The minimum Gasteiger partial charge on any atom is -0.508 e. The number of ether oxygens (including phenoxy) is 1. The monoisotopic (exact) mass is 206 g/mol. The summed E-state index contributed by atoms with van der Waals surface area (Å²) in [6, 6.07) is 5.91. The summed E-state index contributed by atoms with van der Waals surface area (Å²) >= 11 is 0. The van der Waals surface area contributed by atoms with Crippen molar-refractivity contribution < 1.29 is 14.6 Å². The molecule has 0 aliphatic carbocycles. The third kappa shape index (κ3) is 3.46. The van der Waals surface area contributed by atoms with Crippen LogP contribution in [0.1, 0.15) is 30.1 Å². The fourth-order valence-electron chi connectivity index (χ4n) is 1.12. The lowest BCUT2D eigenvalue weighted by Gasteiger charge is -2.05. The van der Waals surface area contributed by atoms with Gasteiger partial charge in [0.25, 0.3) is 0 Å². The van der Waals surface area contributed by atoms with Gasteiger partial charge in [-0.15, -0.1) is 0 Å². The van der Waals surface area contributed by atoms with E-state index in [2.05, 4.69) is 6.58 Å². The molecule has 0 aliphatic heterocycles. The SMILES string of the molecule is C=C(CCC)OC(=O)c1ccc(O)cc1. The summed E-state index contributed by atoms with van der Waals surface area (Å²) in [4.78, 5) is 11.5. The molecule has 0 fully saturated rings. The molecule has 0 bridgehead atoms. The van der Waals surface area contributed by atoms with Gasteiger partial charge in [0.15, 0.2) is 0 Å². The number of benzene rings is 1. The zero-order valence-corrected chi connectivity index (χ0v) is 8.69. The first-order valence-electron chi connectivity index (χ1n) is 4.82. The number of allylic oxidation sites excluding steroid dienone is 1. The van der Waals surface area contributed by atoms with Gasteiger partial charge in [0.05, 0.1) is 5.56 Å². The zero-order valence-electron chi connectivity index (χ0n) is 8.69. The van der Waals surface area contributed by atoms with E-state index in [1.807, 2.05) is 6.92 Å². The lowest BCUT2D eigenvalue weighted by molar-refractivity contribution is 0.0615. The second kappa shape index (κ2) is 5.20. The average Bonchev–Trinajstić information content (AvgIpc) is 2.18. The maximum Gasteiger partial charge on any atom is 0.343 e. The van der Waals surface area contributed by atoms with Crippen LogP contribution in [0.5, 0.6) is 5.75 Å². The van der Waals surface area contributed by atoms with Crippen molar-refractivity contribution in [1.82, 2.24) is 0 Å². The third-order valence-electron chi connectivity index (χ3n) is 1.87. The van der Waals surface area contributed by atoms with Crippen LogP contribution in [0.25, 0.3) is 0 Å². The molecule has 3 heteroatoms. The van der Waals surface area contributed by atoms with Crippen LogP contribution in [0.4, 0.5) is 0 Å². The van der Waals surface area contributed by atoms with Gasteiger partial charge < -0.3 is 9.84 Å². The topological polar surface area (TPSA) is 46.5 Å². The summed E-state index contributed by atoms with van der Waals surface area (Å²) in [5.41, 5.74) is 0.407. The lowest BCUT2D eigenvalue weighted by atomic mass is 10.2. The van der Waals surface area contributed by atoms with Gasteiger partial charge in [-0.05, 0) is 30.7 Å². The van der Waals surface area contributed by atoms with Gasteiger partial charge in [-0.25, -0.2) is 4.79 Å².